The van der Waals surface area contributed by atoms with Crippen LogP contribution in [0, 0.1) is 20.8 Å². The molecule has 2 aromatic carbocycles. The zero-order valence-electron chi connectivity index (χ0n) is 18.5. The Morgan fingerprint density at radius 3 is 2.41 bits per heavy atom. The smallest absolute Gasteiger partial charge is 0.251 e. The standard InChI is InChI=1S/C24H27N5O2S/c1-5-13-29-20(14-25-23(31)19-11-9-16(2)10-12-19)27-28-24(29)32-15-21(30)26-22-17(3)7-6-8-18(22)4/h5-12H,1,13-15H2,2-4H3,(H,25,31)(H,26,30). The van der Waals surface area contributed by atoms with Gasteiger partial charge in [-0.05, 0) is 44.0 Å². The van der Waals surface area contributed by atoms with E-state index in [2.05, 4.69) is 27.4 Å². The van der Waals surface area contributed by atoms with Crippen molar-refractivity contribution in [3.63, 3.8) is 0 Å². The summed E-state index contributed by atoms with van der Waals surface area (Å²) in [6.45, 7) is 10.4. The monoisotopic (exact) mass is 449 g/mol. The molecular weight excluding hydrogens is 422 g/mol. The van der Waals surface area contributed by atoms with Crippen LogP contribution in [0.5, 0.6) is 0 Å². The van der Waals surface area contributed by atoms with Crippen molar-refractivity contribution in [3.05, 3.63) is 83.2 Å². The van der Waals surface area contributed by atoms with Crippen molar-refractivity contribution < 1.29 is 9.59 Å². The van der Waals surface area contributed by atoms with Gasteiger partial charge in [-0.2, -0.15) is 0 Å². The maximum Gasteiger partial charge on any atom is 0.251 e. The maximum atomic E-state index is 12.5. The average molecular weight is 450 g/mol. The molecule has 0 aliphatic heterocycles. The molecule has 0 fully saturated rings. The summed E-state index contributed by atoms with van der Waals surface area (Å²) in [5.41, 5.74) is 4.55. The van der Waals surface area contributed by atoms with Gasteiger partial charge in [0.1, 0.15) is 0 Å². The Morgan fingerprint density at radius 1 is 1.06 bits per heavy atom. The number of nitrogens with zero attached hydrogens (tertiary/aromatic N) is 3. The Morgan fingerprint density at radius 2 is 1.75 bits per heavy atom. The van der Waals surface area contributed by atoms with Crippen molar-refractivity contribution in [2.45, 2.75) is 39.0 Å². The highest BCUT2D eigenvalue weighted by Gasteiger charge is 2.15. The lowest BCUT2D eigenvalue weighted by Crippen LogP contribution is -2.24. The predicted octanol–water partition coefficient (Wildman–Crippen LogP) is 4.05. The molecule has 1 aromatic heterocycles. The minimum atomic E-state index is -0.180. The van der Waals surface area contributed by atoms with Gasteiger partial charge in [0.2, 0.25) is 5.91 Å². The van der Waals surface area contributed by atoms with Crippen LogP contribution in [0.2, 0.25) is 0 Å². The number of carbonyl (C=O) groups is 2. The number of hydrogen-bond acceptors (Lipinski definition) is 5. The molecule has 0 atom stereocenters. The first-order valence-corrected chi connectivity index (χ1v) is 11.2. The van der Waals surface area contributed by atoms with Gasteiger partial charge >= 0.3 is 0 Å². The topological polar surface area (TPSA) is 88.9 Å². The number of anilines is 1. The van der Waals surface area contributed by atoms with Gasteiger partial charge in [0.05, 0.1) is 12.3 Å². The molecule has 3 rings (SSSR count). The summed E-state index contributed by atoms with van der Waals surface area (Å²) >= 11 is 1.30. The van der Waals surface area contributed by atoms with Gasteiger partial charge in [-0.25, -0.2) is 0 Å². The van der Waals surface area contributed by atoms with Crippen LogP contribution in [-0.4, -0.2) is 32.3 Å². The molecule has 2 N–H and O–H groups in total. The quantitative estimate of drug-likeness (QED) is 0.380. The van der Waals surface area contributed by atoms with Gasteiger partial charge in [-0.15, -0.1) is 16.8 Å². The number of aryl methyl sites for hydroxylation is 3. The number of rotatable bonds is 9. The molecule has 0 aliphatic rings. The third-order valence-corrected chi connectivity index (χ3v) is 5.87. The van der Waals surface area contributed by atoms with E-state index in [9.17, 15) is 9.59 Å². The number of amides is 2. The number of hydrogen-bond donors (Lipinski definition) is 2. The molecule has 0 bridgehead atoms. The largest absolute Gasteiger partial charge is 0.345 e. The number of para-hydroxylation sites is 1. The SMILES string of the molecule is C=CCn1c(CNC(=O)c2ccc(C)cc2)nnc1SCC(=O)Nc1c(C)cccc1C. The second-order valence-corrected chi connectivity index (χ2v) is 8.39. The first kappa shape index (κ1) is 23.3. The summed E-state index contributed by atoms with van der Waals surface area (Å²) < 4.78 is 1.85. The summed E-state index contributed by atoms with van der Waals surface area (Å²) in [7, 11) is 0. The number of allylic oxidation sites excluding steroid dienone is 1. The van der Waals surface area contributed by atoms with E-state index < -0.39 is 0 Å². The lowest BCUT2D eigenvalue weighted by molar-refractivity contribution is -0.113. The summed E-state index contributed by atoms with van der Waals surface area (Å²) in [6.07, 6.45) is 1.73. The minimum Gasteiger partial charge on any atom is -0.345 e. The molecule has 32 heavy (non-hydrogen) atoms. The van der Waals surface area contributed by atoms with E-state index in [4.69, 9.17) is 0 Å². The van der Waals surface area contributed by atoms with Crippen LogP contribution in [0.1, 0.15) is 32.9 Å². The lowest BCUT2D eigenvalue weighted by atomic mass is 10.1. The van der Waals surface area contributed by atoms with Gasteiger partial charge in [0.15, 0.2) is 11.0 Å². The third kappa shape index (κ3) is 5.85. The van der Waals surface area contributed by atoms with Crippen molar-refractivity contribution in [2.24, 2.45) is 0 Å². The Labute approximate surface area is 192 Å². The number of nitrogens with one attached hydrogen (secondary N) is 2. The van der Waals surface area contributed by atoms with Crippen molar-refractivity contribution in [2.75, 3.05) is 11.1 Å². The average Bonchev–Trinajstić information content (AvgIpc) is 3.15. The van der Waals surface area contributed by atoms with Crippen molar-refractivity contribution in [1.29, 1.82) is 0 Å². The number of thioether (sulfide) groups is 1. The summed E-state index contributed by atoms with van der Waals surface area (Å²) in [5.74, 6) is 0.497. The van der Waals surface area contributed by atoms with Crippen LogP contribution in [0.15, 0.2) is 60.3 Å². The van der Waals surface area contributed by atoms with E-state index >= 15 is 0 Å². The predicted molar refractivity (Wildman–Crippen MR) is 128 cm³/mol. The van der Waals surface area contributed by atoms with Gasteiger partial charge in [0.25, 0.3) is 5.91 Å². The van der Waals surface area contributed by atoms with Crippen LogP contribution >= 0.6 is 11.8 Å². The fraction of sp³-hybridized carbons (Fsp3) is 0.250. The van der Waals surface area contributed by atoms with Crippen LogP contribution < -0.4 is 10.6 Å². The highest BCUT2D eigenvalue weighted by molar-refractivity contribution is 7.99. The fourth-order valence-corrected chi connectivity index (χ4v) is 3.92. The van der Waals surface area contributed by atoms with E-state index in [0.29, 0.717) is 23.1 Å². The Balaban J connectivity index is 1.62. The lowest BCUT2D eigenvalue weighted by Gasteiger charge is -2.12. The molecule has 0 saturated carbocycles. The number of aromatic nitrogens is 3. The Hall–Kier alpha value is -3.39. The molecule has 0 aliphatic carbocycles. The van der Waals surface area contributed by atoms with Crippen LogP contribution in [0.25, 0.3) is 0 Å². The normalized spacial score (nSPS) is 10.6. The van der Waals surface area contributed by atoms with E-state index in [1.807, 2.05) is 55.7 Å². The highest BCUT2D eigenvalue weighted by Crippen LogP contribution is 2.21. The fourth-order valence-electron chi connectivity index (χ4n) is 3.15. The molecule has 1 heterocycles. The molecule has 7 nitrogen and oxygen atoms in total. The number of benzene rings is 2. The minimum absolute atomic E-state index is 0.116. The second-order valence-electron chi connectivity index (χ2n) is 7.45. The molecule has 0 saturated heterocycles. The maximum absolute atomic E-state index is 12.5. The molecule has 8 heteroatoms. The molecule has 0 radical (unpaired) electrons. The van der Waals surface area contributed by atoms with Crippen molar-refractivity contribution >= 4 is 29.3 Å². The summed E-state index contributed by atoms with van der Waals surface area (Å²) in [4.78, 5) is 24.9. The molecular formula is C24H27N5O2S. The molecule has 0 unspecified atom stereocenters. The zero-order chi connectivity index (χ0) is 23.1. The van der Waals surface area contributed by atoms with Gasteiger partial charge < -0.3 is 15.2 Å². The molecule has 166 valence electrons. The highest BCUT2D eigenvalue weighted by atomic mass is 32.2. The molecule has 0 spiro atoms. The van der Waals surface area contributed by atoms with E-state index in [-0.39, 0.29) is 24.1 Å². The molecule has 2 amide bonds. The van der Waals surface area contributed by atoms with Crippen molar-refractivity contribution in [1.82, 2.24) is 20.1 Å². The van der Waals surface area contributed by atoms with E-state index in [1.165, 1.54) is 11.8 Å². The van der Waals surface area contributed by atoms with Gasteiger partial charge in [0, 0.05) is 17.8 Å². The van der Waals surface area contributed by atoms with Crippen LogP contribution in [-0.2, 0) is 17.9 Å². The summed E-state index contributed by atoms with van der Waals surface area (Å²) in [5, 5.41) is 14.9. The van der Waals surface area contributed by atoms with Crippen LogP contribution in [0.3, 0.4) is 0 Å². The van der Waals surface area contributed by atoms with E-state index in [0.717, 1.165) is 22.4 Å². The second kappa shape index (κ2) is 10.8. The molecule has 3 aromatic rings. The first-order chi connectivity index (χ1) is 15.4. The first-order valence-electron chi connectivity index (χ1n) is 10.3. The van der Waals surface area contributed by atoms with E-state index in [1.54, 1.807) is 18.2 Å². The van der Waals surface area contributed by atoms with Crippen molar-refractivity contribution in [3.8, 4) is 0 Å². The van der Waals surface area contributed by atoms with Gasteiger partial charge in [-0.1, -0.05) is 53.7 Å². The van der Waals surface area contributed by atoms with Gasteiger partial charge in [-0.3, -0.25) is 9.59 Å². The van der Waals surface area contributed by atoms with Crippen LogP contribution in [0.4, 0.5) is 5.69 Å². The third-order valence-electron chi connectivity index (χ3n) is 4.90. The zero-order valence-corrected chi connectivity index (χ0v) is 19.3. The Kier molecular flexibility index (Phi) is 7.83. The summed E-state index contributed by atoms with van der Waals surface area (Å²) in [6, 6.07) is 13.3. The Bertz CT molecular complexity index is 1100. The number of carbonyl (C=O) groups excluding carboxylic acids is 2.